The van der Waals surface area contributed by atoms with E-state index in [-0.39, 0.29) is 18.2 Å². The molecule has 0 spiro atoms. The van der Waals surface area contributed by atoms with Crippen LogP contribution >= 0.6 is 0 Å². The third kappa shape index (κ3) is 2.43. The lowest BCUT2D eigenvalue weighted by Crippen LogP contribution is -2.52. The van der Waals surface area contributed by atoms with Crippen LogP contribution in [-0.4, -0.2) is 38.6 Å². The number of imide groups is 1. The smallest absolute Gasteiger partial charge is 0.255 e. The average Bonchev–Trinajstić information content (AvgIpc) is 3.26. The Morgan fingerprint density at radius 3 is 2.78 bits per heavy atom. The Hall–Kier alpha value is -3.48. The zero-order valence-corrected chi connectivity index (χ0v) is 14.4. The molecule has 1 unspecified atom stereocenters. The van der Waals surface area contributed by atoms with Crippen molar-refractivity contribution in [3.05, 3.63) is 53.9 Å². The number of H-pyrrole nitrogens is 1. The number of piperidine rings is 1. The largest absolute Gasteiger partial charge is 0.345 e. The summed E-state index contributed by atoms with van der Waals surface area (Å²) in [5.74, 6) is -0.842. The molecular formula is C20H16N4O3. The van der Waals surface area contributed by atoms with Gasteiger partial charge in [-0.05, 0) is 41.3 Å². The van der Waals surface area contributed by atoms with E-state index in [9.17, 15) is 14.4 Å². The molecule has 0 bridgehead atoms. The van der Waals surface area contributed by atoms with Crippen molar-refractivity contribution in [2.75, 3.05) is 0 Å². The van der Waals surface area contributed by atoms with Crippen molar-refractivity contribution in [3.8, 4) is 11.1 Å². The van der Waals surface area contributed by atoms with Gasteiger partial charge < -0.3 is 9.88 Å². The summed E-state index contributed by atoms with van der Waals surface area (Å²) in [5.41, 5.74) is 5.28. The van der Waals surface area contributed by atoms with E-state index in [0.717, 1.165) is 27.7 Å². The van der Waals surface area contributed by atoms with Crippen molar-refractivity contribution in [2.24, 2.45) is 0 Å². The summed E-state index contributed by atoms with van der Waals surface area (Å²) in [5, 5.41) is 2.33. The van der Waals surface area contributed by atoms with Crippen LogP contribution in [0.1, 0.15) is 28.8 Å². The topological polar surface area (TPSA) is 95.2 Å². The first-order valence-corrected chi connectivity index (χ1v) is 8.82. The fourth-order valence-electron chi connectivity index (χ4n) is 3.96. The van der Waals surface area contributed by atoms with Gasteiger partial charge in [-0.15, -0.1) is 0 Å². The molecule has 2 N–H and O–H groups in total. The number of hydrogen-bond acceptors (Lipinski definition) is 4. The number of carbonyl (C=O) groups excluding carboxylic acids is 3. The molecule has 3 aromatic rings. The molecule has 134 valence electrons. The van der Waals surface area contributed by atoms with Crippen molar-refractivity contribution in [3.63, 3.8) is 0 Å². The number of imidazole rings is 1. The van der Waals surface area contributed by atoms with E-state index < -0.39 is 11.9 Å². The molecule has 3 heterocycles. The number of hydrogen-bond donors (Lipinski definition) is 2. The highest BCUT2D eigenvalue weighted by Crippen LogP contribution is 2.35. The number of amides is 3. The number of fused-ring (bicyclic) bond motifs is 2. The molecule has 2 aromatic carbocycles. The Bertz CT molecular complexity index is 1120. The summed E-state index contributed by atoms with van der Waals surface area (Å²) >= 11 is 0. The third-order valence-corrected chi connectivity index (χ3v) is 5.31. The van der Waals surface area contributed by atoms with Crippen LogP contribution in [0.3, 0.4) is 0 Å². The summed E-state index contributed by atoms with van der Waals surface area (Å²) in [6, 6.07) is 11.0. The van der Waals surface area contributed by atoms with Crippen LogP contribution in [0.25, 0.3) is 22.2 Å². The Balaban J connectivity index is 1.54. The van der Waals surface area contributed by atoms with Gasteiger partial charge in [0.25, 0.3) is 5.91 Å². The number of benzene rings is 2. The average molecular weight is 360 g/mol. The van der Waals surface area contributed by atoms with Gasteiger partial charge in [-0.1, -0.05) is 18.2 Å². The van der Waals surface area contributed by atoms with Gasteiger partial charge in [-0.3, -0.25) is 19.7 Å². The van der Waals surface area contributed by atoms with Gasteiger partial charge in [0, 0.05) is 18.5 Å². The molecular weight excluding hydrogens is 344 g/mol. The number of nitrogens with one attached hydrogen (secondary N) is 2. The maximum absolute atomic E-state index is 12.9. The molecule has 1 fully saturated rings. The lowest BCUT2D eigenvalue weighted by atomic mass is 9.96. The zero-order chi connectivity index (χ0) is 18.5. The Kier molecular flexibility index (Phi) is 3.36. The Labute approximate surface area is 154 Å². The molecule has 0 radical (unpaired) electrons. The second-order valence-electron chi connectivity index (χ2n) is 6.87. The first-order chi connectivity index (χ1) is 13.1. The van der Waals surface area contributed by atoms with Gasteiger partial charge in [0.1, 0.15) is 6.04 Å². The molecule has 1 aromatic heterocycles. The minimum absolute atomic E-state index is 0.163. The summed E-state index contributed by atoms with van der Waals surface area (Å²) in [7, 11) is 0. The minimum atomic E-state index is -0.606. The van der Waals surface area contributed by atoms with Gasteiger partial charge in [-0.2, -0.15) is 0 Å². The number of aromatic amines is 1. The van der Waals surface area contributed by atoms with Crippen LogP contribution in [0.2, 0.25) is 0 Å². The number of rotatable bonds is 2. The first-order valence-electron chi connectivity index (χ1n) is 8.82. The molecule has 1 atom stereocenters. The number of aromatic nitrogens is 2. The summed E-state index contributed by atoms with van der Waals surface area (Å²) < 4.78 is 0. The highest BCUT2D eigenvalue weighted by atomic mass is 16.2. The predicted octanol–water partition coefficient (Wildman–Crippen LogP) is 1.99. The summed E-state index contributed by atoms with van der Waals surface area (Å²) in [6.45, 7) is 0.359. The zero-order valence-electron chi connectivity index (χ0n) is 14.4. The molecule has 2 aliphatic heterocycles. The van der Waals surface area contributed by atoms with E-state index in [4.69, 9.17) is 0 Å². The number of nitrogens with zero attached hydrogens (tertiary/aromatic N) is 2. The van der Waals surface area contributed by atoms with E-state index in [1.807, 2.05) is 30.3 Å². The van der Waals surface area contributed by atoms with E-state index >= 15 is 0 Å². The van der Waals surface area contributed by atoms with E-state index in [0.29, 0.717) is 18.5 Å². The highest BCUT2D eigenvalue weighted by molar-refractivity contribution is 6.06. The second-order valence-corrected chi connectivity index (χ2v) is 6.87. The van der Waals surface area contributed by atoms with E-state index in [1.54, 1.807) is 17.3 Å². The van der Waals surface area contributed by atoms with Gasteiger partial charge in [0.15, 0.2) is 0 Å². The van der Waals surface area contributed by atoms with Crippen molar-refractivity contribution in [1.29, 1.82) is 0 Å². The van der Waals surface area contributed by atoms with Crippen LogP contribution < -0.4 is 5.32 Å². The summed E-state index contributed by atoms with van der Waals surface area (Å²) in [6.07, 6.45) is 2.26. The fraction of sp³-hybridized carbons (Fsp3) is 0.200. The van der Waals surface area contributed by atoms with Gasteiger partial charge in [0.05, 0.1) is 17.4 Å². The monoisotopic (exact) mass is 360 g/mol. The molecule has 1 saturated heterocycles. The number of carbonyl (C=O) groups is 3. The van der Waals surface area contributed by atoms with Crippen molar-refractivity contribution in [2.45, 2.75) is 25.4 Å². The lowest BCUT2D eigenvalue weighted by molar-refractivity contribution is -0.136. The van der Waals surface area contributed by atoms with Crippen molar-refractivity contribution < 1.29 is 14.4 Å². The molecule has 7 heteroatoms. The van der Waals surface area contributed by atoms with Crippen LogP contribution in [0.5, 0.6) is 0 Å². The molecule has 3 amide bonds. The second kappa shape index (κ2) is 5.77. The van der Waals surface area contributed by atoms with Gasteiger partial charge in [-0.25, -0.2) is 4.98 Å². The van der Waals surface area contributed by atoms with Gasteiger partial charge >= 0.3 is 0 Å². The SMILES string of the molecule is O=C1CCC(N2Cc3c(cccc3-c3ccc4nc[nH]c4c3)C2=O)C(=O)N1. The quantitative estimate of drug-likeness (QED) is 0.683. The fourth-order valence-corrected chi connectivity index (χ4v) is 3.96. The maximum atomic E-state index is 12.9. The molecule has 5 rings (SSSR count). The van der Waals surface area contributed by atoms with Crippen molar-refractivity contribution >= 4 is 28.8 Å². The van der Waals surface area contributed by atoms with Crippen LogP contribution in [-0.2, 0) is 16.1 Å². The molecule has 2 aliphatic rings. The first kappa shape index (κ1) is 15.7. The van der Waals surface area contributed by atoms with Crippen molar-refractivity contribution in [1.82, 2.24) is 20.2 Å². The van der Waals surface area contributed by atoms with Crippen LogP contribution in [0.4, 0.5) is 0 Å². The Morgan fingerprint density at radius 1 is 1.07 bits per heavy atom. The van der Waals surface area contributed by atoms with Crippen LogP contribution in [0.15, 0.2) is 42.7 Å². The third-order valence-electron chi connectivity index (χ3n) is 5.31. The molecule has 0 aliphatic carbocycles. The van der Waals surface area contributed by atoms with Crippen LogP contribution in [0, 0.1) is 0 Å². The predicted molar refractivity (Wildman–Crippen MR) is 97.6 cm³/mol. The van der Waals surface area contributed by atoms with Gasteiger partial charge in [0.2, 0.25) is 11.8 Å². The Morgan fingerprint density at radius 2 is 1.93 bits per heavy atom. The summed E-state index contributed by atoms with van der Waals surface area (Å²) in [4.78, 5) is 45.5. The van der Waals surface area contributed by atoms with E-state index in [2.05, 4.69) is 15.3 Å². The highest BCUT2D eigenvalue weighted by Gasteiger charge is 2.39. The maximum Gasteiger partial charge on any atom is 0.255 e. The molecule has 7 nitrogen and oxygen atoms in total. The molecule has 27 heavy (non-hydrogen) atoms. The normalized spacial score (nSPS) is 19.5. The molecule has 0 saturated carbocycles. The van der Waals surface area contributed by atoms with E-state index in [1.165, 1.54) is 0 Å². The standard InChI is InChI=1S/C20H16N4O3/c25-18-7-6-17(19(26)23-18)24-9-14-12(2-1-3-13(14)20(24)27)11-4-5-15-16(8-11)22-10-21-15/h1-5,8,10,17H,6-7,9H2,(H,21,22)(H,23,25,26). The minimum Gasteiger partial charge on any atom is -0.345 e. The lowest BCUT2D eigenvalue weighted by Gasteiger charge is -2.29.